The third kappa shape index (κ3) is 75.7. The zero-order chi connectivity index (χ0) is 4.50. The smallest absolute Gasteiger partial charge is 0 e. The average molecular weight is 243 g/mol. The van der Waals surface area contributed by atoms with E-state index in [4.69, 9.17) is 19.2 Å². The molecule has 0 aliphatic heterocycles. The van der Waals surface area contributed by atoms with Crippen LogP contribution in [0.4, 0.5) is 0 Å². The van der Waals surface area contributed by atoms with Crippen LogP contribution in [-0.4, -0.2) is 61.6 Å². The molecule has 44 valence electrons. The van der Waals surface area contributed by atoms with Crippen molar-refractivity contribution in [3.8, 4) is 0 Å². The first-order valence-electron chi connectivity index (χ1n) is 0.783. The number of rotatable bonds is 0. The van der Waals surface area contributed by atoms with E-state index in [1.54, 1.807) is 0 Å². The van der Waals surface area contributed by atoms with Crippen LogP contribution in [0.3, 0.4) is 0 Å². The van der Waals surface area contributed by atoms with Crippen molar-refractivity contribution in [1.29, 1.82) is 0 Å². The maximum Gasteiger partial charge on any atom is 0 e. The van der Waals surface area contributed by atoms with Crippen LogP contribution in [0.2, 0.25) is 0 Å². The Morgan fingerprint density at radius 3 is 1.12 bits per heavy atom. The van der Waals surface area contributed by atoms with Crippen molar-refractivity contribution in [2.45, 2.75) is 0 Å². The van der Waals surface area contributed by atoms with E-state index in [0.29, 0.717) is 0 Å². The quantitative estimate of drug-likeness (QED) is 0.318. The second-order valence-electron chi connectivity index (χ2n) is 0.513. The summed E-state index contributed by atoms with van der Waals surface area (Å²) in [5, 5.41) is 0. The van der Waals surface area contributed by atoms with Gasteiger partial charge in [-0.3, -0.25) is 0 Å². The number of hydrogen-bond acceptors (Lipinski definition) is 1. The first-order valence-corrected chi connectivity index (χ1v) is 2.35. The Labute approximate surface area is 98.8 Å². The molecule has 0 fully saturated rings. The minimum absolute atomic E-state index is 0. The summed E-state index contributed by atoms with van der Waals surface area (Å²) in [6, 6.07) is 0. The molecule has 8 heavy (non-hydrogen) atoms. The predicted molar refractivity (Wildman–Crippen MR) is 31.4 cm³/mol. The molecule has 3 N–H and O–H groups in total. The fraction of sp³-hybridized carbons (Fsp3) is 0. The molecule has 0 saturated carbocycles. The first kappa shape index (κ1) is 22.4. The summed E-state index contributed by atoms with van der Waals surface area (Å²) >= 11 is 0. The Kier molecular flexibility index (Phi) is 26.7. The molecule has 0 aromatic heterocycles. The molecule has 0 spiro atoms. The van der Waals surface area contributed by atoms with Crippen molar-refractivity contribution >= 4 is 54.7 Å². The van der Waals surface area contributed by atoms with E-state index >= 15 is 0 Å². The third-order valence-corrected chi connectivity index (χ3v) is 0. The van der Waals surface area contributed by atoms with Gasteiger partial charge in [0.05, 0.1) is 0 Å². The van der Waals surface area contributed by atoms with Gasteiger partial charge in [-0.15, -0.1) is 0 Å². The molecular weight excluding hydrogens is 236 g/mol. The average Bonchev–Trinajstić information content (AvgIpc) is 0.722. The van der Waals surface area contributed by atoms with Crippen LogP contribution in [0.15, 0.2) is 0 Å². The molecule has 0 rings (SSSR count). The van der Waals surface area contributed by atoms with Crippen molar-refractivity contribution in [2.24, 2.45) is 0 Å². The van der Waals surface area contributed by atoms with Gasteiger partial charge in [0, 0.05) is 26.2 Å². The van der Waals surface area contributed by atoms with Crippen molar-refractivity contribution in [2.75, 3.05) is 0 Å². The molecule has 0 bridgehead atoms. The molecule has 0 radical (unpaired) electrons. The van der Waals surface area contributed by atoms with E-state index in [1.807, 2.05) is 0 Å². The molecule has 0 heterocycles. The van der Waals surface area contributed by atoms with Crippen LogP contribution in [0.25, 0.3) is 0 Å². The predicted octanol–water partition coefficient (Wildman–Crippen LogP) is -2.76. The molecular formula is H7AlNaO4PZr. The van der Waals surface area contributed by atoms with Gasteiger partial charge in [-0.2, -0.15) is 0 Å². The molecule has 0 aliphatic rings. The Morgan fingerprint density at radius 2 is 1.12 bits per heavy atom. The van der Waals surface area contributed by atoms with Crippen molar-refractivity contribution in [3.63, 3.8) is 0 Å². The second-order valence-corrected chi connectivity index (χ2v) is 1.54. The zero-order valence-electron chi connectivity index (χ0n) is 2.70. The molecule has 0 aromatic carbocycles. The van der Waals surface area contributed by atoms with Crippen LogP contribution < -0.4 is 0 Å². The van der Waals surface area contributed by atoms with E-state index in [9.17, 15) is 0 Å². The molecule has 0 amide bonds. The third-order valence-electron chi connectivity index (χ3n) is 0. The van der Waals surface area contributed by atoms with E-state index in [2.05, 4.69) is 0 Å². The minimum Gasteiger partial charge on any atom is 0 e. The van der Waals surface area contributed by atoms with E-state index in [0.717, 1.165) is 0 Å². The van der Waals surface area contributed by atoms with Gasteiger partial charge in [0.25, 0.3) is 0 Å². The standard InChI is InChI=1S/Al.Na.H3O4P.Zr.4H/c;;1-5(2,3)4;;;;;/h;;(H3,1,2,3,4);;;;;. The Hall–Kier alpha value is 2.53. The van der Waals surface area contributed by atoms with E-state index in [-0.39, 0.29) is 73.1 Å². The normalized spacial score (nSPS) is 7.38. The fourth-order valence-electron chi connectivity index (χ4n) is 0. The maximum atomic E-state index is 8.88. The Morgan fingerprint density at radius 1 is 1.12 bits per heavy atom. The van der Waals surface area contributed by atoms with E-state index in [1.165, 1.54) is 0 Å². The molecule has 0 aromatic rings. The van der Waals surface area contributed by atoms with Gasteiger partial charge >= 0.3 is 37.4 Å². The SMILES string of the molecule is O=P(O)(O)O.[AlH3].[NaH].[Zr]. The summed E-state index contributed by atoms with van der Waals surface area (Å²) in [5.74, 6) is 0. The molecule has 0 atom stereocenters. The summed E-state index contributed by atoms with van der Waals surface area (Å²) in [6.07, 6.45) is 0. The van der Waals surface area contributed by atoms with Gasteiger partial charge in [-0.1, -0.05) is 0 Å². The van der Waals surface area contributed by atoms with Crippen LogP contribution in [0, 0.1) is 0 Å². The minimum atomic E-state index is -4.64. The van der Waals surface area contributed by atoms with Gasteiger partial charge in [-0.25, -0.2) is 4.57 Å². The summed E-state index contributed by atoms with van der Waals surface area (Å²) in [6.45, 7) is 0. The topological polar surface area (TPSA) is 77.8 Å². The van der Waals surface area contributed by atoms with Crippen LogP contribution in [0.5, 0.6) is 0 Å². The zero-order valence-corrected chi connectivity index (χ0v) is 6.05. The van der Waals surface area contributed by atoms with Crippen LogP contribution in [0.1, 0.15) is 0 Å². The fourth-order valence-corrected chi connectivity index (χ4v) is 0. The van der Waals surface area contributed by atoms with Crippen molar-refractivity contribution in [1.82, 2.24) is 0 Å². The number of hydrogen-bond donors (Lipinski definition) is 3. The molecule has 0 aliphatic carbocycles. The van der Waals surface area contributed by atoms with Gasteiger partial charge in [0.1, 0.15) is 0 Å². The largest absolute Gasteiger partial charge is 0 e. The van der Waals surface area contributed by atoms with Gasteiger partial charge in [0.2, 0.25) is 0 Å². The maximum absolute atomic E-state index is 8.88. The van der Waals surface area contributed by atoms with Crippen molar-refractivity contribution < 1.29 is 45.4 Å². The monoisotopic (exact) mass is 242 g/mol. The first-order chi connectivity index (χ1) is 2.00. The summed E-state index contributed by atoms with van der Waals surface area (Å²) in [4.78, 5) is 21.6. The van der Waals surface area contributed by atoms with Gasteiger partial charge in [0.15, 0.2) is 17.4 Å². The Bertz CT molecular complexity index is 62.2. The van der Waals surface area contributed by atoms with Crippen LogP contribution >= 0.6 is 7.82 Å². The summed E-state index contributed by atoms with van der Waals surface area (Å²) < 4.78 is 8.88. The van der Waals surface area contributed by atoms with Gasteiger partial charge < -0.3 is 14.7 Å². The Balaban J connectivity index is -0.0000000267. The number of phosphoric acid groups is 1. The summed E-state index contributed by atoms with van der Waals surface area (Å²) in [5.41, 5.74) is 0. The van der Waals surface area contributed by atoms with Crippen molar-refractivity contribution in [3.05, 3.63) is 0 Å². The second kappa shape index (κ2) is 9.53. The van der Waals surface area contributed by atoms with Gasteiger partial charge in [-0.05, 0) is 0 Å². The van der Waals surface area contributed by atoms with E-state index < -0.39 is 7.82 Å². The molecule has 0 unspecified atom stereocenters. The molecule has 8 heteroatoms. The summed E-state index contributed by atoms with van der Waals surface area (Å²) in [7, 11) is -4.64. The molecule has 4 nitrogen and oxygen atoms in total. The van der Waals surface area contributed by atoms with Crippen LogP contribution in [-0.2, 0) is 30.8 Å². The molecule has 0 saturated heterocycles.